The van der Waals surface area contributed by atoms with Gasteiger partial charge in [-0.25, -0.2) is 0 Å². The highest BCUT2D eigenvalue weighted by Gasteiger charge is 2.44. The summed E-state index contributed by atoms with van der Waals surface area (Å²) < 4.78 is 0. The van der Waals surface area contributed by atoms with Gasteiger partial charge < -0.3 is 5.73 Å². The third-order valence-electron chi connectivity index (χ3n) is 6.08. The van der Waals surface area contributed by atoms with Crippen LogP contribution in [0.3, 0.4) is 0 Å². The molecule has 3 N–H and O–H groups in total. The van der Waals surface area contributed by atoms with Gasteiger partial charge in [0.1, 0.15) is 23.2 Å². The quantitative estimate of drug-likeness (QED) is 0.286. The van der Waals surface area contributed by atoms with Crippen molar-refractivity contribution in [3.63, 3.8) is 0 Å². The molecule has 0 aliphatic carbocycles. The first kappa shape index (κ1) is 22.7. The van der Waals surface area contributed by atoms with Gasteiger partial charge in [0.05, 0.1) is 12.7 Å². The third-order valence-corrected chi connectivity index (χ3v) is 10.6. The molecule has 1 nitrogen and oxygen atoms in total. The molecular formula is C28H38NP+2. The summed E-state index contributed by atoms with van der Waals surface area (Å²) in [4.78, 5) is 0. The standard InChI is InChI=1S/C28H37NP/c29-24-16-5-3-1-2-4-6-17-25-30(26-18-10-7-11-19-26,27-20-12-8-13-21-27)28-22-14-9-15-23-28/h7-15,18-23H,1-6,16-17,24-25,29H2/q+1/p+1. The Morgan fingerprint density at radius 2 is 0.767 bits per heavy atom. The van der Waals surface area contributed by atoms with Gasteiger partial charge in [0.25, 0.3) is 0 Å². The first-order valence-corrected chi connectivity index (χ1v) is 13.7. The molecule has 0 spiro atoms. The van der Waals surface area contributed by atoms with Gasteiger partial charge in [-0.15, -0.1) is 0 Å². The molecule has 0 saturated heterocycles. The van der Waals surface area contributed by atoms with E-state index in [9.17, 15) is 0 Å². The SMILES string of the molecule is [NH3+]CCCCCCCCCC[P+](c1ccccc1)(c1ccccc1)c1ccccc1. The van der Waals surface area contributed by atoms with Crippen molar-refractivity contribution in [3.8, 4) is 0 Å². The van der Waals surface area contributed by atoms with Crippen LogP contribution in [0.15, 0.2) is 91.0 Å². The van der Waals surface area contributed by atoms with E-state index in [0.717, 1.165) is 6.54 Å². The summed E-state index contributed by atoms with van der Waals surface area (Å²) in [6, 6.07) is 33.8. The van der Waals surface area contributed by atoms with Crippen LogP contribution in [0.1, 0.15) is 51.4 Å². The maximum Gasteiger partial charge on any atom is 0.112 e. The average Bonchev–Trinajstić information content (AvgIpc) is 2.82. The van der Waals surface area contributed by atoms with Crippen molar-refractivity contribution >= 4 is 23.2 Å². The van der Waals surface area contributed by atoms with Crippen LogP contribution in [0.5, 0.6) is 0 Å². The highest BCUT2D eigenvalue weighted by Crippen LogP contribution is 2.55. The second-order valence-electron chi connectivity index (χ2n) is 8.22. The van der Waals surface area contributed by atoms with Crippen molar-refractivity contribution in [1.29, 1.82) is 0 Å². The van der Waals surface area contributed by atoms with Crippen LogP contribution in [0.25, 0.3) is 0 Å². The van der Waals surface area contributed by atoms with Crippen LogP contribution in [-0.4, -0.2) is 12.7 Å². The Bertz CT molecular complexity index is 720. The maximum absolute atomic E-state index is 3.94. The Balaban J connectivity index is 1.77. The van der Waals surface area contributed by atoms with Crippen LogP contribution in [0.4, 0.5) is 0 Å². The van der Waals surface area contributed by atoms with Crippen molar-refractivity contribution in [2.24, 2.45) is 0 Å². The average molecular weight is 420 g/mol. The van der Waals surface area contributed by atoms with Gasteiger partial charge in [0.2, 0.25) is 0 Å². The van der Waals surface area contributed by atoms with Crippen LogP contribution in [0, 0.1) is 0 Å². The van der Waals surface area contributed by atoms with Gasteiger partial charge in [-0.1, -0.05) is 80.3 Å². The number of quaternary nitrogens is 1. The Hall–Kier alpha value is -1.95. The van der Waals surface area contributed by atoms with E-state index in [4.69, 9.17) is 0 Å². The lowest BCUT2D eigenvalue weighted by Gasteiger charge is -2.27. The molecule has 0 radical (unpaired) electrons. The molecular weight excluding hydrogens is 381 g/mol. The fraction of sp³-hybridized carbons (Fsp3) is 0.357. The molecule has 0 bridgehead atoms. The smallest absolute Gasteiger partial charge is 0.112 e. The molecule has 0 aromatic heterocycles. The maximum atomic E-state index is 3.94. The van der Waals surface area contributed by atoms with E-state index in [1.807, 2.05) is 0 Å². The molecule has 2 heteroatoms. The minimum absolute atomic E-state index is 1.09. The lowest BCUT2D eigenvalue weighted by Crippen LogP contribution is -2.50. The third kappa shape index (κ3) is 6.03. The predicted molar refractivity (Wildman–Crippen MR) is 135 cm³/mol. The second-order valence-corrected chi connectivity index (χ2v) is 11.8. The largest absolute Gasteiger partial charge is 0.358 e. The number of rotatable bonds is 13. The normalized spacial score (nSPS) is 11.5. The molecule has 0 atom stereocenters. The van der Waals surface area contributed by atoms with E-state index in [0.29, 0.717) is 0 Å². The van der Waals surface area contributed by atoms with Crippen molar-refractivity contribution in [2.75, 3.05) is 12.7 Å². The van der Waals surface area contributed by atoms with E-state index >= 15 is 0 Å². The predicted octanol–water partition coefficient (Wildman–Crippen LogP) is 5.34. The van der Waals surface area contributed by atoms with Crippen LogP contribution < -0.4 is 21.6 Å². The number of benzene rings is 3. The van der Waals surface area contributed by atoms with Crippen molar-refractivity contribution in [2.45, 2.75) is 51.4 Å². The van der Waals surface area contributed by atoms with Crippen LogP contribution in [0.2, 0.25) is 0 Å². The Morgan fingerprint density at radius 1 is 0.433 bits per heavy atom. The van der Waals surface area contributed by atoms with E-state index in [-0.39, 0.29) is 0 Å². The second kappa shape index (κ2) is 12.7. The summed E-state index contributed by atoms with van der Waals surface area (Å²) in [7, 11) is -1.63. The first-order chi connectivity index (χ1) is 14.9. The van der Waals surface area contributed by atoms with Crippen molar-refractivity contribution < 1.29 is 5.73 Å². The molecule has 0 unspecified atom stereocenters. The number of hydrogen-bond donors (Lipinski definition) is 1. The topological polar surface area (TPSA) is 27.6 Å². The molecule has 3 rings (SSSR count). The molecule has 0 aliphatic rings. The van der Waals surface area contributed by atoms with Gasteiger partial charge >= 0.3 is 0 Å². The molecule has 0 heterocycles. The monoisotopic (exact) mass is 419 g/mol. The molecule has 3 aromatic carbocycles. The van der Waals surface area contributed by atoms with Crippen molar-refractivity contribution in [1.82, 2.24) is 0 Å². The molecule has 0 fully saturated rings. The highest BCUT2D eigenvalue weighted by atomic mass is 31.2. The molecule has 0 amide bonds. The minimum Gasteiger partial charge on any atom is -0.358 e. The van der Waals surface area contributed by atoms with Gasteiger partial charge in [0, 0.05) is 0 Å². The fourth-order valence-electron chi connectivity index (χ4n) is 4.47. The first-order valence-electron chi connectivity index (χ1n) is 11.7. The molecule has 3 aromatic rings. The van der Waals surface area contributed by atoms with Crippen molar-refractivity contribution in [3.05, 3.63) is 91.0 Å². The summed E-state index contributed by atoms with van der Waals surface area (Å²) in [5, 5.41) is 4.53. The summed E-state index contributed by atoms with van der Waals surface area (Å²) in [5.74, 6) is 0. The van der Waals surface area contributed by atoms with Crippen LogP contribution >= 0.6 is 7.26 Å². The van der Waals surface area contributed by atoms with E-state index in [2.05, 4.69) is 96.7 Å². The summed E-state index contributed by atoms with van der Waals surface area (Å²) in [6.45, 7) is 1.09. The zero-order valence-electron chi connectivity index (χ0n) is 18.4. The van der Waals surface area contributed by atoms with Gasteiger partial charge in [-0.2, -0.15) is 0 Å². The Morgan fingerprint density at radius 3 is 1.13 bits per heavy atom. The lowest BCUT2D eigenvalue weighted by molar-refractivity contribution is -0.368. The molecule has 158 valence electrons. The fourth-order valence-corrected chi connectivity index (χ4v) is 8.88. The summed E-state index contributed by atoms with van der Waals surface area (Å²) in [6.07, 6.45) is 12.0. The van der Waals surface area contributed by atoms with Gasteiger partial charge in [-0.05, 0) is 62.1 Å². The molecule has 0 saturated carbocycles. The van der Waals surface area contributed by atoms with E-state index in [1.54, 1.807) is 0 Å². The lowest BCUT2D eigenvalue weighted by atomic mass is 10.1. The molecule has 0 aliphatic heterocycles. The number of unbranched alkanes of at least 4 members (excludes halogenated alkanes) is 7. The zero-order valence-corrected chi connectivity index (χ0v) is 19.3. The number of hydrogen-bond acceptors (Lipinski definition) is 0. The Kier molecular flexibility index (Phi) is 9.61. The van der Waals surface area contributed by atoms with E-state index < -0.39 is 7.26 Å². The van der Waals surface area contributed by atoms with E-state index in [1.165, 1.54) is 73.4 Å². The minimum atomic E-state index is -1.63. The Labute approximate surface area is 184 Å². The highest BCUT2D eigenvalue weighted by molar-refractivity contribution is 7.95. The summed E-state index contributed by atoms with van der Waals surface area (Å²) >= 11 is 0. The molecule has 30 heavy (non-hydrogen) atoms. The summed E-state index contributed by atoms with van der Waals surface area (Å²) in [5.41, 5.74) is 3.94. The van der Waals surface area contributed by atoms with Gasteiger partial charge in [-0.3, -0.25) is 0 Å². The van der Waals surface area contributed by atoms with Gasteiger partial charge in [0.15, 0.2) is 0 Å². The van der Waals surface area contributed by atoms with Crippen LogP contribution in [-0.2, 0) is 0 Å². The zero-order chi connectivity index (χ0) is 20.9.